The lowest BCUT2D eigenvalue weighted by molar-refractivity contribution is 0.702. The molecule has 0 atom stereocenters. The number of hydrogen-bond donors (Lipinski definition) is 0. The molecule has 1 aliphatic rings. The lowest BCUT2D eigenvalue weighted by atomic mass is 10.0. The number of nitrogens with zero attached hydrogens (tertiary/aromatic N) is 2. The summed E-state index contributed by atoms with van der Waals surface area (Å²) >= 11 is 3.51. The van der Waals surface area contributed by atoms with Crippen LogP contribution in [0.2, 0.25) is 0 Å². The Balaban J connectivity index is 2.08. The van der Waals surface area contributed by atoms with Crippen LogP contribution >= 0.6 is 15.9 Å². The van der Waals surface area contributed by atoms with E-state index >= 15 is 0 Å². The van der Waals surface area contributed by atoms with Gasteiger partial charge in [0.25, 0.3) is 0 Å². The zero-order valence-electron chi connectivity index (χ0n) is 9.73. The molecule has 0 N–H and O–H groups in total. The van der Waals surface area contributed by atoms with Crippen molar-refractivity contribution >= 4 is 27.0 Å². The molecular formula is C15H11BrN2. The van der Waals surface area contributed by atoms with Gasteiger partial charge in [0, 0.05) is 16.6 Å². The van der Waals surface area contributed by atoms with Gasteiger partial charge in [-0.15, -0.1) is 0 Å². The second-order valence-corrected chi connectivity index (χ2v) is 5.54. The lowest BCUT2D eigenvalue weighted by Gasteiger charge is -2.18. The average molecular weight is 299 g/mol. The van der Waals surface area contributed by atoms with Gasteiger partial charge in [-0.3, -0.25) is 0 Å². The third-order valence-corrected chi connectivity index (χ3v) is 4.07. The summed E-state index contributed by atoms with van der Waals surface area (Å²) in [6.07, 6.45) is 1.09. The molecule has 0 amide bonds. The summed E-state index contributed by atoms with van der Waals surface area (Å²) in [5.74, 6) is 1.10. The first kappa shape index (κ1) is 10.3. The van der Waals surface area contributed by atoms with Gasteiger partial charge >= 0.3 is 0 Å². The average Bonchev–Trinajstić information content (AvgIpc) is 2.76. The lowest BCUT2D eigenvalue weighted by Crippen LogP contribution is -2.10. The molecular weight excluding hydrogens is 288 g/mol. The Bertz CT molecular complexity index is 758. The third-order valence-electron chi connectivity index (χ3n) is 3.57. The minimum absolute atomic E-state index is 1.02. The molecule has 2 heterocycles. The van der Waals surface area contributed by atoms with Crippen molar-refractivity contribution in [2.45, 2.75) is 13.0 Å². The van der Waals surface area contributed by atoms with Crippen LogP contribution in [0.4, 0.5) is 0 Å². The van der Waals surface area contributed by atoms with Crippen LogP contribution in [0.15, 0.2) is 46.9 Å². The first-order valence-electron chi connectivity index (χ1n) is 6.07. The highest BCUT2D eigenvalue weighted by molar-refractivity contribution is 9.10. The van der Waals surface area contributed by atoms with E-state index in [4.69, 9.17) is 4.98 Å². The van der Waals surface area contributed by atoms with Gasteiger partial charge in [-0.1, -0.05) is 40.2 Å². The number of halogens is 1. The van der Waals surface area contributed by atoms with Crippen LogP contribution in [-0.2, 0) is 13.0 Å². The van der Waals surface area contributed by atoms with Crippen LogP contribution in [0, 0.1) is 0 Å². The molecule has 2 nitrogen and oxygen atoms in total. The normalized spacial score (nSPS) is 13.4. The first-order chi connectivity index (χ1) is 8.83. The minimum Gasteiger partial charge on any atom is -0.324 e. The van der Waals surface area contributed by atoms with Gasteiger partial charge in [0.15, 0.2) is 0 Å². The topological polar surface area (TPSA) is 17.8 Å². The number of aryl methyl sites for hydroxylation is 2. The van der Waals surface area contributed by atoms with Crippen LogP contribution in [0.3, 0.4) is 0 Å². The first-order valence-corrected chi connectivity index (χ1v) is 6.86. The Labute approximate surface area is 113 Å². The van der Waals surface area contributed by atoms with E-state index in [0.717, 1.165) is 28.8 Å². The van der Waals surface area contributed by atoms with Crippen molar-refractivity contribution in [1.29, 1.82) is 0 Å². The molecule has 88 valence electrons. The molecule has 0 radical (unpaired) electrons. The van der Waals surface area contributed by atoms with Crippen molar-refractivity contribution in [1.82, 2.24) is 9.55 Å². The van der Waals surface area contributed by atoms with Gasteiger partial charge in [-0.05, 0) is 30.2 Å². The zero-order chi connectivity index (χ0) is 12.1. The Morgan fingerprint density at radius 3 is 2.94 bits per heavy atom. The molecule has 4 rings (SSSR count). The summed E-state index contributed by atoms with van der Waals surface area (Å²) in [6.45, 7) is 1.02. The largest absolute Gasteiger partial charge is 0.324 e. The van der Waals surface area contributed by atoms with E-state index in [1.165, 1.54) is 16.6 Å². The third kappa shape index (κ3) is 1.37. The number of imidazole rings is 1. The quantitative estimate of drug-likeness (QED) is 0.613. The Kier molecular flexibility index (Phi) is 2.12. The molecule has 0 saturated heterocycles. The fraction of sp³-hybridized carbons (Fsp3) is 0.133. The highest BCUT2D eigenvalue weighted by Gasteiger charge is 2.19. The summed E-state index contributed by atoms with van der Waals surface area (Å²) in [7, 11) is 0. The number of fused-ring (bicyclic) bond motifs is 5. The molecule has 2 aromatic carbocycles. The summed E-state index contributed by atoms with van der Waals surface area (Å²) < 4.78 is 3.41. The van der Waals surface area contributed by atoms with Crippen LogP contribution in [0.25, 0.3) is 22.4 Å². The van der Waals surface area contributed by atoms with Gasteiger partial charge in [-0.2, -0.15) is 0 Å². The van der Waals surface area contributed by atoms with E-state index in [2.05, 4.69) is 63.0 Å². The molecule has 0 unspecified atom stereocenters. The van der Waals surface area contributed by atoms with Crippen LogP contribution < -0.4 is 0 Å². The van der Waals surface area contributed by atoms with E-state index in [0.29, 0.717) is 0 Å². The molecule has 3 aromatic rings. The molecule has 0 saturated carbocycles. The molecule has 3 heteroatoms. The van der Waals surface area contributed by atoms with E-state index < -0.39 is 0 Å². The summed E-state index contributed by atoms with van der Waals surface area (Å²) in [6, 6.07) is 14.9. The molecule has 0 spiro atoms. The van der Waals surface area contributed by atoms with Gasteiger partial charge in [0.2, 0.25) is 0 Å². The maximum atomic E-state index is 4.79. The van der Waals surface area contributed by atoms with Crippen molar-refractivity contribution in [3.05, 3.63) is 52.5 Å². The molecule has 18 heavy (non-hydrogen) atoms. The second kappa shape index (κ2) is 3.69. The molecule has 0 fully saturated rings. The van der Waals surface area contributed by atoms with Crippen LogP contribution in [0.1, 0.15) is 5.56 Å². The second-order valence-electron chi connectivity index (χ2n) is 4.63. The highest BCUT2D eigenvalue weighted by Crippen LogP contribution is 2.32. The van der Waals surface area contributed by atoms with Crippen LogP contribution in [-0.4, -0.2) is 9.55 Å². The fourth-order valence-electron chi connectivity index (χ4n) is 2.72. The maximum Gasteiger partial charge on any atom is 0.141 e. The van der Waals surface area contributed by atoms with Gasteiger partial charge < -0.3 is 4.57 Å². The van der Waals surface area contributed by atoms with E-state index in [1.807, 2.05) is 0 Å². The van der Waals surface area contributed by atoms with Gasteiger partial charge in [0.1, 0.15) is 5.82 Å². The SMILES string of the molecule is Brc1ccc2c(c1)nc1n2CCc2ccccc2-1. The molecule has 1 aromatic heterocycles. The number of benzene rings is 2. The van der Waals surface area contributed by atoms with Crippen molar-refractivity contribution in [3.8, 4) is 11.4 Å². The zero-order valence-corrected chi connectivity index (χ0v) is 11.3. The minimum atomic E-state index is 1.02. The summed E-state index contributed by atoms with van der Waals surface area (Å²) in [5.41, 5.74) is 4.97. The van der Waals surface area contributed by atoms with Crippen molar-refractivity contribution in [2.75, 3.05) is 0 Å². The van der Waals surface area contributed by atoms with Crippen molar-refractivity contribution in [2.24, 2.45) is 0 Å². The predicted octanol–water partition coefficient (Wildman–Crippen LogP) is 4.02. The monoisotopic (exact) mass is 298 g/mol. The van der Waals surface area contributed by atoms with Gasteiger partial charge in [0.05, 0.1) is 11.0 Å². The van der Waals surface area contributed by atoms with E-state index in [-0.39, 0.29) is 0 Å². The van der Waals surface area contributed by atoms with E-state index in [9.17, 15) is 0 Å². The number of hydrogen-bond acceptors (Lipinski definition) is 1. The molecule has 0 aliphatic carbocycles. The molecule has 1 aliphatic heterocycles. The highest BCUT2D eigenvalue weighted by atomic mass is 79.9. The number of rotatable bonds is 0. The molecule has 0 bridgehead atoms. The van der Waals surface area contributed by atoms with Crippen LogP contribution in [0.5, 0.6) is 0 Å². The van der Waals surface area contributed by atoms with Crippen molar-refractivity contribution < 1.29 is 0 Å². The Hall–Kier alpha value is -1.61. The predicted molar refractivity (Wildman–Crippen MR) is 76.6 cm³/mol. The Morgan fingerprint density at radius 2 is 2.00 bits per heavy atom. The Morgan fingerprint density at radius 1 is 1.11 bits per heavy atom. The summed E-state index contributed by atoms with van der Waals surface area (Å²) in [5, 5.41) is 0. The maximum absolute atomic E-state index is 4.79. The summed E-state index contributed by atoms with van der Waals surface area (Å²) in [4.78, 5) is 4.79. The smallest absolute Gasteiger partial charge is 0.141 e. The fourth-order valence-corrected chi connectivity index (χ4v) is 3.07. The standard InChI is InChI=1S/C15H11BrN2/c16-11-5-6-14-13(9-11)17-15-12-4-2-1-3-10(12)7-8-18(14)15/h1-6,9H,7-8H2. The number of aromatic nitrogens is 2. The van der Waals surface area contributed by atoms with Crippen molar-refractivity contribution in [3.63, 3.8) is 0 Å². The van der Waals surface area contributed by atoms with Gasteiger partial charge in [-0.25, -0.2) is 4.98 Å². The van der Waals surface area contributed by atoms with E-state index in [1.54, 1.807) is 0 Å².